The Morgan fingerprint density at radius 3 is 2.25 bits per heavy atom. The molecule has 6 heteroatoms. The fraction of sp³-hybridized carbons (Fsp3) is 0.233. The summed E-state index contributed by atoms with van der Waals surface area (Å²) in [5, 5.41) is 2.28. The standard InChI is InChI=1S/C30H30N2O4/c1-6-36-27-17-22(8-9-24(27)15-23-12-18(2)11-19(3)13-23)16-26-28(33)31-30(35)32(29(26)34)25-10-7-20(4)21(5)14-25/h7-14,16-17H,6,15H2,1-5H3,(H,31,33,35)/b26-16+. The Labute approximate surface area is 211 Å². The number of aryl methyl sites for hydroxylation is 4. The number of carbonyl (C=O) groups excluding carboxylic acids is 3. The lowest BCUT2D eigenvalue weighted by atomic mass is 9.98. The summed E-state index contributed by atoms with van der Waals surface area (Å²) in [6.45, 7) is 10.4. The van der Waals surface area contributed by atoms with E-state index in [0.29, 0.717) is 30.0 Å². The minimum Gasteiger partial charge on any atom is -0.494 e. The summed E-state index contributed by atoms with van der Waals surface area (Å²) in [7, 11) is 0. The van der Waals surface area contributed by atoms with Crippen LogP contribution in [0.2, 0.25) is 0 Å². The van der Waals surface area contributed by atoms with Gasteiger partial charge in [-0.3, -0.25) is 14.9 Å². The topological polar surface area (TPSA) is 75.7 Å². The lowest BCUT2D eigenvalue weighted by Crippen LogP contribution is -2.54. The molecule has 1 saturated heterocycles. The number of anilines is 1. The molecule has 1 aliphatic heterocycles. The Hall–Kier alpha value is -4.19. The van der Waals surface area contributed by atoms with Gasteiger partial charge in [0, 0.05) is 6.42 Å². The molecule has 0 aliphatic carbocycles. The van der Waals surface area contributed by atoms with Gasteiger partial charge in [-0.15, -0.1) is 0 Å². The van der Waals surface area contributed by atoms with Crippen molar-refractivity contribution < 1.29 is 19.1 Å². The van der Waals surface area contributed by atoms with Gasteiger partial charge in [0.2, 0.25) is 0 Å². The van der Waals surface area contributed by atoms with Crippen molar-refractivity contribution in [3.05, 3.63) is 99.1 Å². The van der Waals surface area contributed by atoms with Crippen LogP contribution in [0.3, 0.4) is 0 Å². The van der Waals surface area contributed by atoms with E-state index in [9.17, 15) is 14.4 Å². The zero-order valence-electron chi connectivity index (χ0n) is 21.3. The minimum atomic E-state index is -0.760. The van der Waals surface area contributed by atoms with E-state index in [-0.39, 0.29) is 5.57 Å². The van der Waals surface area contributed by atoms with Gasteiger partial charge < -0.3 is 4.74 Å². The molecule has 0 radical (unpaired) electrons. The molecule has 4 rings (SSSR count). The second-order valence-electron chi connectivity index (χ2n) is 9.20. The van der Waals surface area contributed by atoms with Crippen LogP contribution in [0.25, 0.3) is 6.08 Å². The fourth-order valence-corrected chi connectivity index (χ4v) is 4.41. The van der Waals surface area contributed by atoms with Crippen LogP contribution in [-0.4, -0.2) is 24.5 Å². The second kappa shape index (κ2) is 10.2. The number of imide groups is 2. The summed E-state index contributed by atoms with van der Waals surface area (Å²) in [5.74, 6) is -0.691. The van der Waals surface area contributed by atoms with E-state index in [1.807, 2.05) is 45.0 Å². The third-order valence-corrected chi connectivity index (χ3v) is 6.23. The molecule has 184 valence electrons. The number of barbiturate groups is 1. The maximum Gasteiger partial charge on any atom is 0.335 e. The monoisotopic (exact) mass is 482 g/mol. The number of benzene rings is 3. The van der Waals surface area contributed by atoms with Crippen LogP contribution in [0.15, 0.2) is 60.2 Å². The Morgan fingerprint density at radius 1 is 0.861 bits per heavy atom. The van der Waals surface area contributed by atoms with Crippen LogP contribution in [0.4, 0.5) is 10.5 Å². The van der Waals surface area contributed by atoms with Crippen LogP contribution in [-0.2, 0) is 16.0 Å². The molecule has 3 aromatic carbocycles. The molecule has 0 spiro atoms. The second-order valence-corrected chi connectivity index (χ2v) is 9.20. The van der Waals surface area contributed by atoms with Crippen molar-refractivity contribution >= 4 is 29.6 Å². The number of urea groups is 1. The molecular weight excluding hydrogens is 452 g/mol. The van der Waals surface area contributed by atoms with Crippen LogP contribution < -0.4 is 15.0 Å². The Kier molecular flexibility index (Phi) is 7.06. The van der Waals surface area contributed by atoms with E-state index >= 15 is 0 Å². The quantitative estimate of drug-likeness (QED) is 0.368. The molecule has 0 saturated carbocycles. The zero-order chi connectivity index (χ0) is 26.0. The molecular formula is C30H30N2O4. The molecule has 3 aromatic rings. The molecule has 0 atom stereocenters. The summed E-state index contributed by atoms with van der Waals surface area (Å²) >= 11 is 0. The van der Waals surface area contributed by atoms with Crippen molar-refractivity contribution in [2.24, 2.45) is 0 Å². The number of nitrogens with one attached hydrogen (secondary N) is 1. The first-order chi connectivity index (χ1) is 17.2. The van der Waals surface area contributed by atoms with E-state index in [0.717, 1.165) is 21.6 Å². The number of hydrogen-bond donors (Lipinski definition) is 1. The summed E-state index contributed by atoms with van der Waals surface area (Å²) in [6, 6.07) is 16.6. The molecule has 1 heterocycles. The molecule has 1 fully saturated rings. The van der Waals surface area contributed by atoms with Crippen molar-refractivity contribution in [3.63, 3.8) is 0 Å². The summed E-state index contributed by atoms with van der Waals surface area (Å²) in [4.78, 5) is 39.4. The summed E-state index contributed by atoms with van der Waals surface area (Å²) in [6.07, 6.45) is 2.20. The van der Waals surface area contributed by atoms with Crippen LogP contribution >= 0.6 is 0 Å². The van der Waals surface area contributed by atoms with E-state index in [1.54, 1.807) is 12.1 Å². The predicted molar refractivity (Wildman–Crippen MR) is 141 cm³/mol. The number of carbonyl (C=O) groups is 3. The largest absolute Gasteiger partial charge is 0.494 e. The maximum absolute atomic E-state index is 13.3. The molecule has 1 aliphatic rings. The summed E-state index contributed by atoms with van der Waals surface area (Å²) < 4.78 is 5.91. The SMILES string of the molecule is CCOc1cc(/C=C2\C(=O)NC(=O)N(c3ccc(C)c(C)c3)C2=O)ccc1Cc1cc(C)cc(C)c1. The van der Waals surface area contributed by atoms with Gasteiger partial charge in [0.05, 0.1) is 12.3 Å². The number of amides is 4. The van der Waals surface area contributed by atoms with Gasteiger partial charge >= 0.3 is 6.03 Å². The smallest absolute Gasteiger partial charge is 0.335 e. The average molecular weight is 483 g/mol. The fourth-order valence-electron chi connectivity index (χ4n) is 4.41. The highest BCUT2D eigenvalue weighted by Gasteiger charge is 2.36. The van der Waals surface area contributed by atoms with E-state index < -0.39 is 17.8 Å². The maximum atomic E-state index is 13.3. The van der Waals surface area contributed by atoms with Gasteiger partial charge in [0.15, 0.2) is 0 Å². The first-order valence-corrected chi connectivity index (χ1v) is 12.0. The predicted octanol–water partition coefficient (Wildman–Crippen LogP) is 5.58. The third-order valence-electron chi connectivity index (χ3n) is 6.23. The minimum absolute atomic E-state index is 0.114. The number of rotatable bonds is 6. The summed E-state index contributed by atoms with van der Waals surface area (Å²) in [5.41, 5.74) is 7.52. The van der Waals surface area contributed by atoms with E-state index in [4.69, 9.17) is 4.74 Å². The first kappa shape index (κ1) is 24.9. The van der Waals surface area contributed by atoms with Crippen LogP contribution in [0, 0.1) is 27.7 Å². The normalized spacial score (nSPS) is 14.9. The molecule has 36 heavy (non-hydrogen) atoms. The van der Waals surface area contributed by atoms with Crippen LogP contribution in [0.1, 0.15) is 45.9 Å². The number of hydrogen-bond acceptors (Lipinski definition) is 4. The Bertz CT molecular complexity index is 1380. The van der Waals surface area contributed by atoms with Crippen molar-refractivity contribution in [2.45, 2.75) is 41.0 Å². The third kappa shape index (κ3) is 5.23. The van der Waals surface area contributed by atoms with Gasteiger partial charge in [0.1, 0.15) is 11.3 Å². The molecule has 0 aromatic heterocycles. The van der Waals surface area contributed by atoms with Gasteiger partial charge in [0.25, 0.3) is 11.8 Å². The average Bonchev–Trinajstić information content (AvgIpc) is 2.80. The zero-order valence-corrected chi connectivity index (χ0v) is 21.3. The Morgan fingerprint density at radius 2 is 1.58 bits per heavy atom. The van der Waals surface area contributed by atoms with Crippen LogP contribution in [0.5, 0.6) is 5.75 Å². The highest BCUT2D eigenvalue weighted by Crippen LogP contribution is 2.28. The van der Waals surface area contributed by atoms with Gasteiger partial charge in [-0.1, -0.05) is 47.5 Å². The number of nitrogens with zero attached hydrogens (tertiary/aromatic N) is 1. The lowest BCUT2D eigenvalue weighted by Gasteiger charge is -2.27. The van der Waals surface area contributed by atoms with Crippen molar-refractivity contribution in [2.75, 3.05) is 11.5 Å². The highest BCUT2D eigenvalue weighted by molar-refractivity contribution is 6.39. The van der Waals surface area contributed by atoms with Crippen molar-refractivity contribution in [1.29, 1.82) is 0 Å². The molecule has 4 amide bonds. The lowest BCUT2D eigenvalue weighted by molar-refractivity contribution is -0.122. The number of ether oxygens (including phenoxy) is 1. The molecule has 6 nitrogen and oxygen atoms in total. The van der Waals surface area contributed by atoms with Gasteiger partial charge in [-0.25, -0.2) is 9.69 Å². The molecule has 1 N–H and O–H groups in total. The molecule has 0 bridgehead atoms. The van der Waals surface area contributed by atoms with Crippen molar-refractivity contribution in [1.82, 2.24) is 5.32 Å². The highest BCUT2D eigenvalue weighted by atomic mass is 16.5. The van der Waals surface area contributed by atoms with Gasteiger partial charge in [-0.05, 0) is 86.7 Å². The first-order valence-electron chi connectivity index (χ1n) is 12.0. The van der Waals surface area contributed by atoms with Crippen molar-refractivity contribution in [3.8, 4) is 5.75 Å². The van der Waals surface area contributed by atoms with E-state index in [1.165, 1.54) is 22.8 Å². The van der Waals surface area contributed by atoms with E-state index in [2.05, 4.69) is 37.4 Å². The Balaban J connectivity index is 1.68. The molecule has 0 unspecified atom stereocenters. The van der Waals surface area contributed by atoms with Gasteiger partial charge in [-0.2, -0.15) is 0 Å².